The van der Waals surface area contributed by atoms with E-state index in [-0.39, 0.29) is 35.4 Å². The number of ether oxygens (including phenoxy) is 1. The Morgan fingerprint density at radius 1 is 1.00 bits per heavy atom. The Kier molecular flexibility index (Phi) is 6.77. The highest BCUT2D eigenvalue weighted by molar-refractivity contribution is 7.89. The molecule has 1 saturated heterocycles. The normalized spacial score (nSPS) is 17.6. The van der Waals surface area contributed by atoms with E-state index < -0.39 is 10.0 Å². The van der Waals surface area contributed by atoms with Crippen LogP contribution in [0.1, 0.15) is 25.7 Å². The van der Waals surface area contributed by atoms with Gasteiger partial charge in [0.15, 0.2) is 0 Å². The van der Waals surface area contributed by atoms with Crippen molar-refractivity contribution in [3.63, 3.8) is 0 Å². The zero-order chi connectivity index (χ0) is 24.4. The number of anilines is 1. The van der Waals surface area contributed by atoms with Crippen LogP contribution in [-0.4, -0.2) is 59.8 Å². The first-order valence-electron chi connectivity index (χ1n) is 11.6. The van der Waals surface area contributed by atoms with E-state index in [0.717, 1.165) is 25.7 Å². The van der Waals surface area contributed by atoms with Crippen LogP contribution in [0.3, 0.4) is 0 Å². The second-order valence-corrected chi connectivity index (χ2v) is 11.0. The van der Waals surface area contributed by atoms with Crippen molar-refractivity contribution < 1.29 is 13.2 Å². The molecule has 9 nitrogen and oxygen atoms in total. The molecule has 0 bridgehead atoms. The van der Waals surface area contributed by atoms with Crippen LogP contribution in [0.2, 0.25) is 5.02 Å². The highest BCUT2D eigenvalue weighted by atomic mass is 35.5. The molecule has 0 atom stereocenters. The standard InChI is InChI=1S/C24H26ClN5O4S/c25-18-5-3-6-19(15-18)30-24(31)23(34-20-7-1-2-8-20)22(17-27-30)28-11-13-29(14-12-28)35(32,33)21-9-4-10-26-16-21/h3-6,9-10,15-17,20H,1-2,7-8,11-14H2. The maximum Gasteiger partial charge on any atom is 0.316 e. The third-order valence-electron chi connectivity index (χ3n) is 6.41. The number of halogens is 1. The molecular formula is C24H26ClN5O4S. The van der Waals surface area contributed by atoms with E-state index in [9.17, 15) is 13.2 Å². The second kappa shape index (κ2) is 9.96. The van der Waals surface area contributed by atoms with Gasteiger partial charge in [-0.15, -0.1) is 0 Å². The Balaban J connectivity index is 1.43. The molecule has 0 amide bonds. The third-order valence-corrected chi connectivity index (χ3v) is 8.52. The van der Waals surface area contributed by atoms with Crippen molar-refractivity contribution in [2.24, 2.45) is 0 Å². The molecule has 1 aliphatic carbocycles. The highest BCUT2D eigenvalue weighted by Crippen LogP contribution is 2.31. The summed E-state index contributed by atoms with van der Waals surface area (Å²) in [6.45, 7) is 1.36. The zero-order valence-electron chi connectivity index (χ0n) is 19.1. The minimum absolute atomic E-state index is 0.0242. The van der Waals surface area contributed by atoms with Crippen molar-refractivity contribution in [1.82, 2.24) is 19.1 Å². The topological polar surface area (TPSA) is 97.6 Å². The summed E-state index contributed by atoms with van der Waals surface area (Å²) in [6.07, 6.45) is 8.43. The van der Waals surface area contributed by atoms with Gasteiger partial charge in [0.2, 0.25) is 15.8 Å². The van der Waals surface area contributed by atoms with Gasteiger partial charge in [-0.05, 0) is 56.0 Å². The van der Waals surface area contributed by atoms with E-state index in [1.54, 1.807) is 48.8 Å². The third kappa shape index (κ3) is 4.91. The fraction of sp³-hybridized carbons (Fsp3) is 0.375. The van der Waals surface area contributed by atoms with Crippen LogP contribution >= 0.6 is 11.6 Å². The molecule has 184 valence electrons. The molecule has 35 heavy (non-hydrogen) atoms. The fourth-order valence-electron chi connectivity index (χ4n) is 4.55. The summed E-state index contributed by atoms with van der Waals surface area (Å²) in [5.41, 5.74) is 0.776. The van der Waals surface area contributed by atoms with Crippen LogP contribution in [0.25, 0.3) is 5.69 Å². The van der Waals surface area contributed by atoms with Gasteiger partial charge in [0.05, 0.1) is 18.0 Å². The SMILES string of the molecule is O=c1c(OC2CCCC2)c(N2CCN(S(=O)(=O)c3cccnc3)CC2)cnn1-c1cccc(Cl)c1. The Hall–Kier alpha value is -2.95. The monoisotopic (exact) mass is 515 g/mol. The van der Waals surface area contributed by atoms with Gasteiger partial charge in [-0.1, -0.05) is 17.7 Å². The summed E-state index contributed by atoms with van der Waals surface area (Å²) in [5.74, 6) is 0.246. The first-order chi connectivity index (χ1) is 16.9. The second-order valence-electron chi connectivity index (χ2n) is 8.66. The van der Waals surface area contributed by atoms with Gasteiger partial charge in [-0.25, -0.2) is 8.42 Å². The summed E-state index contributed by atoms with van der Waals surface area (Å²) in [4.78, 5) is 19.6. The largest absolute Gasteiger partial charge is 0.483 e. The summed E-state index contributed by atoms with van der Waals surface area (Å²) in [6, 6.07) is 10.1. The molecule has 2 aliphatic rings. The number of hydrogen-bond donors (Lipinski definition) is 0. The van der Waals surface area contributed by atoms with Crippen LogP contribution in [0, 0.1) is 0 Å². The number of aromatic nitrogens is 3. The van der Waals surface area contributed by atoms with E-state index in [2.05, 4.69) is 10.1 Å². The minimum Gasteiger partial charge on any atom is -0.483 e. The molecule has 1 saturated carbocycles. The number of pyridine rings is 1. The Labute approximate surface area is 209 Å². The Morgan fingerprint density at radius 2 is 1.77 bits per heavy atom. The molecular weight excluding hydrogens is 490 g/mol. The Bertz CT molecular complexity index is 1350. The van der Waals surface area contributed by atoms with Crippen molar-refractivity contribution in [3.05, 3.63) is 70.4 Å². The van der Waals surface area contributed by atoms with E-state index in [1.807, 2.05) is 4.90 Å². The number of hydrogen-bond acceptors (Lipinski definition) is 7. The Morgan fingerprint density at radius 3 is 2.46 bits per heavy atom. The predicted octanol–water partition coefficient (Wildman–Crippen LogP) is 3.11. The number of nitrogens with zero attached hydrogens (tertiary/aromatic N) is 5. The van der Waals surface area contributed by atoms with Crippen LogP contribution in [-0.2, 0) is 10.0 Å². The first-order valence-corrected chi connectivity index (χ1v) is 13.5. The molecule has 3 heterocycles. The predicted molar refractivity (Wildman–Crippen MR) is 133 cm³/mol. The van der Waals surface area contributed by atoms with Gasteiger partial charge in [-0.3, -0.25) is 9.78 Å². The lowest BCUT2D eigenvalue weighted by Crippen LogP contribution is -2.49. The van der Waals surface area contributed by atoms with Gasteiger partial charge in [0.25, 0.3) is 0 Å². The maximum absolute atomic E-state index is 13.5. The quantitative estimate of drug-likeness (QED) is 0.497. The van der Waals surface area contributed by atoms with E-state index in [4.69, 9.17) is 16.3 Å². The average molecular weight is 516 g/mol. The van der Waals surface area contributed by atoms with Gasteiger partial charge in [0.1, 0.15) is 10.6 Å². The molecule has 2 aromatic heterocycles. The number of benzene rings is 1. The van der Waals surface area contributed by atoms with E-state index in [0.29, 0.717) is 29.5 Å². The lowest BCUT2D eigenvalue weighted by molar-refractivity contribution is 0.205. The molecule has 1 aromatic carbocycles. The number of piperazine rings is 1. The molecule has 0 radical (unpaired) electrons. The molecule has 11 heteroatoms. The molecule has 0 N–H and O–H groups in total. The lowest BCUT2D eigenvalue weighted by Gasteiger charge is -2.35. The summed E-state index contributed by atoms with van der Waals surface area (Å²) in [5, 5.41) is 4.90. The number of rotatable bonds is 6. The van der Waals surface area contributed by atoms with Crippen LogP contribution in [0.15, 0.2) is 64.7 Å². The van der Waals surface area contributed by atoms with Crippen LogP contribution in [0.5, 0.6) is 5.75 Å². The summed E-state index contributed by atoms with van der Waals surface area (Å²) >= 11 is 6.13. The van der Waals surface area contributed by atoms with Crippen LogP contribution in [0.4, 0.5) is 5.69 Å². The number of sulfonamides is 1. The smallest absolute Gasteiger partial charge is 0.316 e. The van der Waals surface area contributed by atoms with Gasteiger partial charge < -0.3 is 9.64 Å². The van der Waals surface area contributed by atoms with Crippen LogP contribution < -0.4 is 15.2 Å². The van der Waals surface area contributed by atoms with Gasteiger partial charge >= 0.3 is 5.56 Å². The average Bonchev–Trinajstić information content (AvgIpc) is 3.39. The van der Waals surface area contributed by atoms with E-state index in [1.165, 1.54) is 15.2 Å². The molecule has 2 fully saturated rings. The molecule has 0 spiro atoms. The lowest BCUT2D eigenvalue weighted by atomic mass is 10.2. The minimum atomic E-state index is -3.63. The van der Waals surface area contributed by atoms with Crippen molar-refractivity contribution in [1.29, 1.82) is 0 Å². The maximum atomic E-state index is 13.5. The fourth-order valence-corrected chi connectivity index (χ4v) is 6.12. The molecule has 1 aliphatic heterocycles. The first kappa shape index (κ1) is 23.8. The molecule has 5 rings (SSSR count). The molecule has 3 aromatic rings. The van der Waals surface area contributed by atoms with Crippen molar-refractivity contribution >= 4 is 27.3 Å². The van der Waals surface area contributed by atoms with Gasteiger partial charge in [0, 0.05) is 43.6 Å². The van der Waals surface area contributed by atoms with Gasteiger partial charge in [-0.2, -0.15) is 14.1 Å². The highest BCUT2D eigenvalue weighted by Gasteiger charge is 2.31. The van der Waals surface area contributed by atoms with Crippen molar-refractivity contribution in [2.75, 3.05) is 31.1 Å². The summed E-state index contributed by atoms with van der Waals surface area (Å²) < 4.78 is 34.9. The zero-order valence-corrected chi connectivity index (χ0v) is 20.7. The van der Waals surface area contributed by atoms with Crippen molar-refractivity contribution in [2.45, 2.75) is 36.7 Å². The van der Waals surface area contributed by atoms with Crippen molar-refractivity contribution in [3.8, 4) is 11.4 Å². The summed E-state index contributed by atoms with van der Waals surface area (Å²) in [7, 11) is -3.63. The molecule has 0 unspecified atom stereocenters. The van der Waals surface area contributed by atoms with E-state index >= 15 is 0 Å².